The molecule has 0 saturated carbocycles. The fourth-order valence-corrected chi connectivity index (χ4v) is 4.49. The number of pyridine rings is 1. The highest BCUT2D eigenvalue weighted by Crippen LogP contribution is 2.27. The summed E-state index contributed by atoms with van der Waals surface area (Å²) in [5.74, 6) is -1.27. The van der Waals surface area contributed by atoms with Crippen LogP contribution in [0.1, 0.15) is 17.5 Å². The summed E-state index contributed by atoms with van der Waals surface area (Å²) < 4.78 is 34.4. The van der Waals surface area contributed by atoms with Gasteiger partial charge in [-0.15, -0.1) is 0 Å². The number of rotatable bonds is 10. The van der Waals surface area contributed by atoms with Gasteiger partial charge in [0.2, 0.25) is 0 Å². The lowest BCUT2D eigenvalue weighted by Crippen LogP contribution is -2.29. The van der Waals surface area contributed by atoms with E-state index in [0.717, 1.165) is 28.1 Å². The van der Waals surface area contributed by atoms with Crippen LogP contribution in [0.5, 0.6) is 5.75 Å². The van der Waals surface area contributed by atoms with Gasteiger partial charge < -0.3 is 15.8 Å². The fraction of sp³-hybridized carbons (Fsp3) is 0.286. The Morgan fingerprint density at radius 3 is 2.77 bits per heavy atom. The van der Waals surface area contributed by atoms with Gasteiger partial charge in [-0.25, -0.2) is 23.7 Å². The first-order chi connectivity index (χ1) is 18.9. The molecule has 1 aromatic carbocycles. The minimum Gasteiger partial charge on any atom is -0.492 e. The van der Waals surface area contributed by atoms with Crippen LogP contribution < -0.4 is 15.8 Å². The number of aliphatic imine (C=N–C) groups is 1. The van der Waals surface area contributed by atoms with Gasteiger partial charge in [-0.3, -0.25) is 14.3 Å². The van der Waals surface area contributed by atoms with Gasteiger partial charge >= 0.3 is 0 Å². The molecule has 202 valence electrons. The number of nitrogens with zero attached hydrogens (tertiary/aromatic N) is 6. The lowest BCUT2D eigenvalue weighted by atomic mass is 10.1. The molecule has 5 rings (SSSR count). The highest BCUT2D eigenvalue weighted by molar-refractivity contribution is 6.09. The second-order valence-corrected chi connectivity index (χ2v) is 9.31. The first-order valence-corrected chi connectivity index (χ1v) is 12.6. The second kappa shape index (κ2) is 11.6. The largest absolute Gasteiger partial charge is 0.492 e. The van der Waals surface area contributed by atoms with Crippen LogP contribution in [0.2, 0.25) is 0 Å². The quantitative estimate of drug-likeness (QED) is 0.296. The number of allylic oxidation sites excluding steroid dienone is 1. The Morgan fingerprint density at radius 1 is 1.18 bits per heavy atom. The number of hydrogen-bond donors (Lipinski definition) is 2. The van der Waals surface area contributed by atoms with E-state index < -0.39 is 5.92 Å². The molecule has 9 nitrogen and oxygen atoms in total. The average molecular weight is 533 g/mol. The summed E-state index contributed by atoms with van der Waals surface area (Å²) in [6.45, 7) is 1.57. The van der Waals surface area contributed by atoms with E-state index in [4.69, 9.17) is 10.5 Å². The van der Waals surface area contributed by atoms with Crippen LogP contribution in [0.4, 0.5) is 14.6 Å². The van der Waals surface area contributed by atoms with Gasteiger partial charge in [0.15, 0.2) is 0 Å². The highest BCUT2D eigenvalue weighted by atomic mass is 19.3. The van der Waals surface area contributed by atoms with Crippen LogP contribution >= 0.6 is 0 Å². The number of halogens is 2. The zero-order valence-corrected chi connectivity index (χ0v) is 21.6. The van der Waals surface area contributed by atoms with E-state index >= 15 is 0 Å². The Bertz CT molecular complexity index is 1480. The third-order valence-corrected chi connectivity index (χ3v) is 6.55. The van der Waals surface area contributed by atoms with Gasteiger partial charge in [0.05, 0.1) is 24.1 Å². The summed E-state index contributed by atoms with van der Waals surface area (Å²) in [7, 11) is 1.71. The smallest absolute Gasteiger partial charge is 0.261 e. The lowest BCUT2D eigenvalue weighted by molar-refractivity contribution is 0.0113. The van der Waals surface area contributed by atoms with Crippen LogP contribution in [0, 0.1) is 0 Å². The summed E-state index contributed by atoms with van der Waals surface area (Å²) >= 11 is 0. The number of imidazole rings is 1. The molecule has 39 heavy (non-hydrogen) atoms. The van der Waals surface area contributed by atoms with E-state index in [9.17, 15) is 8.78 Å². The molecule has 1 aliphatic rings. The van der Waals surface area contributed by atoms with Crippen LogP contribution in [-0.4, -0.2) is 69.7 Å². The van der Waals surface area contributed by atoms with Crippen LogP contribution in [0.15, 0.2) is 72.4 Å². The Morgan fingerprint density at radius 2 is 2.03 bits per heavy atom. The van der Waals surface area contributed by atoms with Crippen molar-refractivity contribution in [2.24, 2.45) is 10.7 Å². The molecule has 11 heteroatoms. The Kier molecular flexibility index (Phi) is 7.78. The number of hydrogen-bond acceptors (Lipinski definition) is 8. The maximum absolute atomic E-state index is 13.4. The molecule has 3 N–H and O–H groups in total. The first kappa shape index (κ1) is 26.2. The molecule has 1 aliphatic heterocycles. The molecular weight excluding hydrogens is 502 g/mol. The number of anilines is 1. The summed E-state index contributed by atoms with van der Waals surface area (Å²) in [4.78, 5) is 19.0. The van der Waals surface area contributed by atoms with Crippen molar-refractivity contribution in [3.63, 3.8) is 0 Å². The summed E-state index contributed by atoms with van der Waals surface area (Å²) in [5, 5.41) is 3.34. The standard InChI is InChI=1S/C28H30F2N8O/c1-32-16-22(14-31)21-4-2-20(3-5-21)15-33-26-13-24(35-19-36-26)25-17-34-27-12-23(6-8-38(25)27)39-11-10-37-9-7-28(29,30)18-37/h2-6,8,12-14,16-17,19H,7,9-11,15,18,31H2,1H3,(H,33,35,36)/b22-14+,32-16?. The summed E-state index contributed by atoms with van der Waals surface area (Å²) in [6.07, 6.45) is 8.30. The van der Waals surface area contributed by atoms with Crippen molar-refractivity contribution >= 4 is 23.3 Å². The Hall–Kier alpha value is -4.38. The molecule has 0 aliphatic carbocycles. The molecule has 1 fully saturated rings. The molecule has 0 spiro atoms. The van der Waals surface area contributed by atoms with Crippen molar-refractivity contribution in [2.45, 2.75) is 18.9 Å². The zero-order valence-electron chi connectivity index (χ0n) is 21.6. The van der Waals surface area contributed by atoms with E-state index in [0.29, 0.717) is 43.5 Å². The fourth-order valence-electron chi connectivity index (χ4n) is 4.49. The number of benzene rings is 1. The normalized spacial score (nSPS) is 15.8. The van der Waals surface area contributed by atoms with Crippen molar-refractivity contribution in [1.82, 2.24) is 24.3 Å². The van der Waals surface area contributed by atoms with Crippen molar-refractivity contribution < 1.29 is 13.5 Å². The number of ether oxygens (including phenoxy) is 1. The van der Waals surface area contributed by atoms with E-state index in [1.54, 1.807) is 24.4 Å². The zero-order chi connectivity index (χ0) is 27.2. The van der Waals surface area contributed by atoms with Crippen LogP contribution in [0.25, 0.3) is 22.6 Å². The SMILES string of the molecule is CN=C/C(=C\N)c1ccc(CNc2cc(-c3cnc4cc(OCCN5CCC(F)(F)C5)ccn34)ncn2)cc1. The average Bonchev–Trinajstić information content (AvgIpc) is 3.53. The number of likely N-dealkylation sites (tertiary alicyclic amines) is 1. The van der Waals surface area contributed by atoms with Crippen molar-refractivity contribution in [3.8, 4) is 17.1 Å². The molecule has 0 unspecified atom stereocenters. The van der Waals surface area contributed by atoms with E-state index in [2.05, 4.69) is 25.3 Å². The molecule has 1 saturated heterocycles. The Balaban J connectivity index is 1.21. The highest BCUT2D eigenvalue weighted by Gasteiger charge is 2.37. The minimum atomic E-state index is -2.59. The first-order valence-electron chi connectivity index (χ1n) is 12.6. The molecule has 0 atom stereocenters. The van der Waals surface area contributed by atoms with Crippen molar-refractivity contribution in [2.75, 3.05) is 38.6 Å². The van der Waals surface area contributed by atoms with Gasteiger partial charge in [-0.2, -0.15) is 0 Å². The van der Waals surface area contributed by atoms with E-state index in [1.807, 2.05) is 53.1 Å². The topological polar surface area (TPSA) is 106 Å². The molecule has 0 radical (unpaired) electrons. The van der Waals surface area contributed by atoms with Crippen LogP contribution in [0.3, 0.4) is 0 Å². The molecule has 4 heterocycles. The predicted octanol–water partition coefficient (Wildman–Crippen LogP) is 4.12. The predicted molar refractivity (Wildman–Crippen MR) is 148 cm³/mol. The van der Waals surface area contributed by atoms with Crippen molar-refractivity contribution in [1.29, 1.82) is 0 Å². The Labute approximate surface area is 225 Å². The van der Waals surface area contributed by atoms with Gasteiger partial charge in [-0.1, -0.05) is 24.3 Å². The third kappa shape index (κ3) is 6.37. The number of nitrogens with one attached hydrogen (secondary N) is 1. The molecule has 0 amide bonds. The number of alkyl halides is 2. The monoisotopic (exact) mass is 532 g/mol. The number of aromatic nitrogens is 4. The van der Waals surface area contributed by atoms with Gasteiger partial charge in [-0.05, 0) is 17.2 Å². The number of fused-ring (bicyclic) bond motifs is 1. The summed E-state index contributed by atoms with van der Waals surface area (Å²) in [6, 6.07) is 13.6. The lowest BCUT2D eigenvalue weighted by Gasteiger charge is -2.15. The van der Waals surface area contributed by atoms with E-state index in [-0.39, 0.29) is 13.0 Å². The second-order valence-electron chi connectivity index (χ2n) is 9.31. The molecule has 4 aromatic rings. The summed E-state index contributed by atoms with van der Waals surface area (Å²) in [5.41, 5.74) is 10.9. The van der Waals surface area contributed by atoms with Gasteiger partial charge in [0, 0.05) is 69.4 Å². The number of nitrogens with two attached hydrogens (primary N) is 1. The van der Waals surface area contributed by atoms with Crippen molar-refractivity contribution in [3.05, 3.63) is 78.5 Å². The van der Waals surface area contributed by atoms with E-state index in [1.165, 1.54) is 12.5 Å². The molecule has 3 aromatic heterocycles. The van der Waals surface area contributed by atoms with Gasteiger partial charge in [0.1, 0.15) is 30.1 Å². The maximum Gasteiger partial charge on any atom is 0.261 e. The molecule has 0 bridgehead atoms. The molecular formula is C28H30F2N8O. The van der Waals surface area contributed by atoms with Crippen LogP contribution in [-0.2, 0) is 6.54 Å². The maximum atomic E-state index is 13.4. The van der Waals surface area contributed by atoms with Gasteiger partial charge in [0.25, 0.3) is 5.92 Å². The third-order valence-electron chi connectivity index (χ3n) is 6.55. The minimum absolute atomic E-state index is 0.0910.